The van der Waals surface area contributed by atoms with Crippen LogP contribution < -0.4 is 15.6 Å². The summed E-state index contributed by atoms with van der Waals surface area (Å²) in [5.41, 5.74) is -0.0347. The number of fused-ring (bicyclic) bond motifs is 1. The minimum Gasteiger partial charge on any atom is -0.490 e. The molecule has 3 heterocycles. The van der Waals surface area contributed by atoms with Crippen molar-refractivity contribution in [1.29, 1.82) is 5.26 Å². The molecule has 3 aromatic rings. The zero-order chi connectivity index (χ0) is 26.2. The SMILES string of the molecule is CC1CN(C(=O)Cn2c(=O)c(C(=O)NCc3ccc(Cl)cc3)cc3cc(OCC4(C#N)CC4)cnc32)C1. The Morgan fingerprint density at radius 1 is 1.24 bits per heavy atom. The molecule has 0 bridgehead atoms. The van der Waals surface area contributed by atoms with Gasteiger partial charge in [-0.05, 0) is 48.6 Å². The molecule has 0 spiro atoms. The van der Waals surface area contributed by atoms with E-state index in [2.05, 4.69) is 23.3 Å². The van der Waals surface area contributed by atoms with E-state index < -0.39 is 16.9 Å². The van der Waals surface area contributed by atoms with Crippen molar-refractivity contribution in [3.63, 3.8) is 0 Å². The smallest absolute Gasteiger partial charge is 0.265 e. The van der Waals surface area contributed by atoms with Crippen molar-refractivity contribution in [1.82, 2.24) is 19.8 Å². The summed E-state index contributed by atoms with van der Waals surface area (Å²) in [5.74, 6) is 0.0819. The number of ether oxygens (including phenoxy) is 1. The van der Waals surface area contributed by atoms with Crippen LogP contribution in [0.2, 0.25) is 5.02 Å². The number of halogens is 1. The number of hydrogen-bond acceptors (Lipinski definition) is 6. The first-order chi connectivity index (χ1) is 17.8. The molecule has 37 heavy (non-hydrogen) atoms. The monoisotopic (exact) mass is 519 g/mol. The molecule has 1 aromatic carbocycles. The average molecular weight is 520 g/mol. The highest BCUT2D eigenvalue weighted by atomic mass is 35.5. The number of rotatable bonds is 8. The standard InChI is InChI=1S/C27H26ClN5O4/c1-17-12-32(13-17)23(34)14-33-24-19(8-21(11-30-24)37-16-27(15-29)6-7-27)9-22(26(33)36)25(35)31-10-18-2-4-20(28)5-3-18/h2-5,8-9,11,17H,6-7,10,12-14,16H2,1H3,(H,31,35). The van der Waals surface area contributed by atoms with Crippen LogP contribution in [0.4, 0.5) is 0 Å². The van der Waals surface area contributed by atoms with Crippen LogP contribution in [-0.4, -0.2) is 46.0 Å². The number of likely N-dealkylation sites (tertiary alicyclic amines) is 1. The van der Waals surface area contributed by atoms with Gasteiger partial charge < -0.3 is 15.0 Å². The summed E-state index contributed by atoms with van der Waals surface area (Å²) >= 11 is 5.93. The van der Waals surface area contributed by atoms with Crippen LogP contribution in [0.3, 0.4) is 0 Å². The lowest BCUT2D eigenvalue weighted by Gasteiger charge is -2.37. The molecule has 0 radical (unpaired) electrons. The minimum absolute atomic E-state index is 0.0964. The molecule has 0 atom stereocenters. The molecular formula is C27H26ClN5O4. The summed E-state index contributed by atoms with van der Waals surface area (Å²) in [5, 5.41) is 13.2. The number of aromatic nitrogens is 2. The Labute approximate surface area is 218 Å². The maximum atomic E-state index is 13.4. The summed E-state index contributed by atoms with van der Waals surface area (Å²) in [6.45, 7) is 3.56. The number of nitrogens with one attached hydrogen (secondary N) is 1. The Morgan fingerprint density at radius 3 is 2.62 bits per heavy atom. The second kappa shape index (κ2) is 9.87. The van der Waals surface area contributed by atoms with Crippen LogP contribution in [-0.2, 0) is 17.9 Å². The maximum Gasteiger partial charge on any atom is 0.265 e. The zero-order valence-electron chi connectivity index (χ0n) is 20.4. The molecule has 1 aliphatic carbocycles. The van der Waals surface area contributed by atoms with Gasteiger partial charge in [-0.15, -0.1) is 0 Å². The lowest BCUT2D eigenvalue weighted by molar-refractivity contribution is -0.137. The number of carbonyl (C=O) groups excluding carboxylic acids is 2. The first kappa shape index (κ1) is 24.8. The predicted octanol–water partition coefficient (Wildman–Crippen LogP) is 3.14. The van der Waals surface area contributed by atoms with Gasteiger partial charge in [0.05, 0.1) is 17.7 Å². The van der Waals surface area contributed by atoms with Crippen LogP contribution in [0.15, 0.2) is 47.4 Å². The topological polar surface area (TPSA) is 117 Å². The number of amides is 2. The molecular weight excluding hydrogens is 494 g/mol. The molecule has 2 aromatic heterocycles. The van der Waals surface area contributed by atoms with Crippen LogP contribution in [0, 0.1) is 22.7 Å². The third-order valence-corrected chi connectivity index (χ3v) is 7.08. The van der Waals surface area contributed by atoms with Crippen LogP contribution in [0.5, 0.6) is 5.75 Å². The molecule has 1 saturated heterocycles. The predicted molar refractivity (Wildman–Crippen MR) is 137 cm³/mol. The maximum absolute atomic E-state index is 13.4. The summed E-state index contributed by atoms with van der Waals surface area (Å²) in [7, 11) is 0. The molecule has 1 N–H and O–H groups in total. The molecule has 1 aliphatic heterocycles. The fourth-order valence-corrected chi connectivity index (χ4v) is 4.44. The molecule has 2 amide bonds. The first-order valence-corrected chi connectivity index (χ1v) is 12.5. The Kier molecular flexibility index (Phi) is 6.61. The number of hydrogen-bond donors (Lipinski definition) is 1. The van der Waals surface area contributed by atoms with E-state index in [0.29, 0.717) is 35.2 Å². The Balaban J connectivity index is 1.45. The summed E-state index contributed by atoms with van der Waals surface area (Å²) in [6.07, 6.45) is 3.06. The molecule has 0 unspecified atom stereocenters. The lowest BCUT2D eigenvalue weighted by atomic mass is 10.0. The quantitative estimate of drug-likeness (QED) is 0.488. The van der Waals surface area contributed by atoms with E-state index in [0.717, 1.165) is 18.4 Å². The highest BCUT2D eigenvalue weighted by Gasteiger charge is 2.44. The fraction of sp³-hybridized carbons (Fsp3) is 0.370. The second-order valence-electron chi connectivity index (χ2n) is 9.93. The Bertz CT molecular complexity index is 1470. The van der Waals surface area contributed by atoms with Gasteiger partial charge in [0.2, 0.25) is 5.91 Å². The van der Waals surface area contributed by atoms with Crippen molar-refractivity contribution >= 4 is 34.4 Å². The number of carbonyl (C=O) groups is 2. The second-order valence-corrected chi connectivity index (χ2v) is 10.4. The van der Waals surface area contributed by atoms with Crippen LogP contribution >= 0.6 is 11.6 Å². The Hall–Kier alpha value is -3.90. The van der Waals surface area contributed by atoms with Crippen molar-refractivity contribution in [2.24, 2.45) is 11.3 Å². The van der Waals surface area contributed by atoms with E-state index in [-0.39, 0.29) is 36.8 Å². The molecule has 2 aliphatic rings. The van der Waals surface area contributed by atoms with E-state index in [1.165, 1.54) is 16.8 Å². The van der Waals surface area contributed by atoms with Crippen molar-refractivity contribution in [3.05, 3.63) is 69.1 Å². The van der Waals surface area contributed by atoms with Gasteiger partial charge in [0.1, 0.15) is 30.1 Å². The van der Waals surface area contributed by atoms with Gasteiger partial charge in [-0.3, -0.25) is 19.0 Å². The first-order valence-electron chi connectivity index (χ1n) is 12.1. The highest BCUT2D eigenvalue weighted by molar-refractivity contribution is 6.30. The van der Waals surface area contributed by atoms with Gasteiger partial charge in [0.15, 0.2) is 0 Å². The van der Waals surface area contributed by atoms with Gasteiger partial charge in [0, 0.05) is 30.0 Å². The molecule has 9 nitrogen and oxygen atoms in total. The van der Waals surface area contributed by atoms with E-state index in [4.69, 9.17) is 16.3 Å². The summed E-state index contributed by atoms with van der Waals surface area (Å²) in [6, 6.07) is 12.5. The summed E-state index contributed by atoms with van der Waals surface area (Å²) < 4.78 is 7.07. The number of benzene rings is 1. The van der Waals surface area contributed by atoms with Gasteiger partial charge in [-0.25, -0.2) is 4.98 Å². The van der Waals surface area contributed by atoms with E-state index >= 15 is 0 Å². The molecule has 190 valence electrons. The van der Waals surface area contributed by atoms with Crippen molar-refractivity contribution in [2.45, 2.75) is 32.9 Å². The molecule has 2 fully saturated rings. The van der Waals surface area contributed by atoms with Crippen molar-refractivity contribution in [3.8, 4) is 11.8 Å². The van der Waals surface area contributed by atoms with Gasteiger partial charge >= 0.3 is 0 Å². The van der Waals surface area contributed by atoms with Crippen molar-refractivity contribution < 1.29 is 14.3 Å². The van der Waals surface area contributed by atoms with Gasteiger partial charge in [-0.2, -0.15) is 5.26 Å². The van der Waals surface area contributed by atoms with Crippen LogP contribution in [0.25, 0.3) is 11.0 Å². The molecule has 1 saturated carbocycles. The third-order valence-electron chi connectivity index (χ3n) is 6.83. The number of pyridine rings is 2. The van der Waals surface area contributed by atoms with Gasteiger partial charge in [-0.1, -0.05) is 30.7 Å². The Morgan fingerprint density at radius 2 is 1.97 bits per heavy atom. The van der Waals surface area contributed by atoms with Crippen molar-refractivity contribution in [2.75, 3.05) is 19.7 Å². The number of nitrogens with zero attached hydrogens (tertiary/aromatic N) is 4. The summed E-state index contributed by atoms with van der Waals surface area (Å²) in [4.78, 5) is 45.4. The fourth-order valence-electron chi connectivity index (χ4n) is 4.31. The van der Waals surface area contributed by atoms with E-state index in [9.17, 15) is 19.6 Å². The van der Waals surface area contributed by atoms with E-state index in [1.54, 1.807) is 35.2 Å². The highest BCUT2D eigenvalue weighted by Crippen LogP contribution is 2.45. The average Bonchev–Trinajstić information content (AvgIpc) is 3.67. The molecule has 10 heteroatoms. The molecule has 5 rings (SSSR count). The minimum atomic E-state index is -0.592. The van der Waals surface area contributed by atoms with E-state index in [1.807, 2.05) is 0 Å². The zero-order valence-corrected chi connectivity index (χ0v) is 21.1. The largest absolute Gasteiger partial charge is 0.490 e. The normalized spacial score (nSPS) is 16.1. The third kappa shape index (κ3) is 5.30. The number of nitriles is 1. The van der Waals surface area contributed by atoms with Gasteiger partial charge in [0.25, 0.3) is 11.5 Å². The lowest BCUT2D eigenvalue weighted by Crippen LogP contribution is -2.50. The van der Waals surface area contributed by atoms with Crippen LogP contribution in [0.1, 0.15) is 35.7 Å².